The van der Waals surface area contributed by atoms with Crippen molar-refractivity contribution < 1.29 is 9.94 Å². The molecule has 2 aromatic rings. The number of nitrogens with zero attached hydrogens (tertiary/aromatic N) is 3. The Morgan fingerprint density at radius 2 is 2.29 bits per heavy atom. The Bertz CT molecular complexity index is 713. The van der Waals surface area contributed by atoms with Gasteiger partial charge in [0.25, 0.3) is 0 Å². The van der Waals surface area contributed by atoms with E-state index in [1.54, 1.807) is 12.3 Å². The van der Waals surface area contributed by atoms with Gasteiger partial charge in [0.05, 0.1) is 11.3 Å². The number of hydrogen-bond acceptors (Lipinski definition) is 5. The molecule has 6 nitrogen and oxygen atoms in total. The lowest BCUT2D eigenvalue weighted by atomic mass is 10.1. The lowest BCUT2D eigenvalue weighted by Crippen LogP contribution is -2.16. The Labute approximate surface area is 122 Å². The van der Waals surface area contributed by atoms with Crippen LogP contribution in [0, 0.1) is 6.92 Å². The van der Waals surface area contributed by atoms with Gasteiger partial charge < -0.3 is 15.7 Å². The molecule has 3 N–H and O–H groups in total. The van der Waals surface area contributed by atoms with Crippen molar-refractivity contribution in [3.8, 4) is 11.6 Å². The largest absolute Gasteiger partial charge is 0.436 e. The zero-order valence-electron chi connectivity index (χ0n) is 11.7. The van der Waals surface area contributed by atoms with Gasteiger partial charge in [-0.25, -0.2) is 4.98 Å². The van der Waals surface area contributed by atoms with Crippen LogP contribution in [0.3, 0.4) is 0 Å². The fourth-order valence-electron chi connectivity index (χ4n) is 2.45. The van der Waals surface area contributed by atoms with Crippen molar-refractivity contribution in [1.82, 2.24) is 9.97 Å². The highest BCUT2D eigenvalue weighted by molar-refractivity contribution is 5.99. The van der Waals surface area contributed by atoms with Crippen LogP contribution in [0.25, 0.3) is 0 Å². The number of fused-ring (bicyclic) bond motifs is 1. The molecule has 1 aliphatic rings. The first-order valence-corrected chi connectivity index (χ1v) is 6.79. The van der Waals surface area contributed by atoms with Gasteiger partial charge in [-0.1, -0.05) is 5.16 Å². The van der Waals surface area contributed by atoms with Gasteiger partial charge in [0, 0.05) is 11.9 Å². The maximum atomic E-state index is 8.95. The lowest BCUT2D eigenvalue weighted by Gasteiger charge is -2.12. The average Bonchev–Trinajstić information content (AvgIpc) is 2.95. The van der Waals surface area contributed by atoms with Crippen molar-refractivity contribution in [1.29, 1.82) is 0 Å². The summed E-state index contributed by atoms with van der Waals surface area (Å²) in [5, 5.41) is 12.0. The molecule has 0 aromatic carbocycles. The van der Waals surface area contributed by atoms with Crippen LogP contribution in [0.1, 0.15) is 28.9 Å². The summed E-state index contributed by atoms with van der Waals surface area (Å²) in [5.74, 6) is 0.950. The molecule has 0 unspecified atom stereocenters. The van der Waals surface area contributed by atoms with Crippen LogP contribution < -0.4 is 10.5 Å². The Morgan fingerprint density at radius 3 is 3.05 bits per heavy atom. The number of rotatable bonds is 3. The van der Waals surface area contributed by atoms with Crippen molar-refractivity contribution in [3.05, 3.63) is 46.9 Å². The van der Waals surface area contributed by atoms with E-state index in [9.17, 15) is 0 Å². The molecule has 0 amide bonds. The average molecular weight is 284 g/mol. The van der Waals surface area contributed by atoms with Gasteiger partial charge in [-0.05, 0) is 49.9 Å². The Kier molecular flexibility index (Phi) is 3.43. The minimum atomic E-state index is -0.00579. The fourth-order valence-corrected chi connectivity index (χ4v) is 2.45. The molecule has 1 aliphatic carbocycles. The number of aryl methyl sites for hydroxylation is 3. The summed E-state index contributed by atoms with van der Waals surface area (Å²) in [5.41, 5.74) is 9.15. The summed E-state index contributed by atoms with van der Waals surface area (Å²) in [7, 11) is 0. The SMILES string of the molecule is Cc1ncccc1Oc1nc2c(cc1/C(N)=N/O)CCC2. The first kappa shape index (κ1) is 13.4. The van der Waals surface area contributed by atoms with Crippen molar-refractivity contribution >= 4 is 5.84 Å². The van der Waals surface area contributed by atoms with Crippen molar-refractivity contribution in [3.63, 3.8) is 0 Å². The summed E-state index contributed by atoms with van der Waals surface area (Å²) in [6.07, 6.45) is 4.64. The molecule has 0 fully saturated rings. The fraction of sp³-hybridized carbons (Fsp3) is 0.267. The number of pyridine rings is 2. The van der Waals surface area contributed by atoms with E-state index in [2.05, 4.69) is 15.1 Å². The number of nitrogens with two attached hydrogens (primary N) is 1. The molecule has 2 heterocycles. The molecule has 0 saturated carbocycles. The smallest absolute Gasteiger partial charge is 0.230 e. The van der Waals surface area contributed by atoms with Crippen LogP contribution in [0.4, 0.5) is 0 Å². The molecule has 21 heavy (non-hydrogen) atoms. The second kappa shape index (κ2) is 5.40. The normalized spacial score (nSPS) is 14.0. The molecule has 3 rings (SSSR count). The highest BCUT2D eigenvalue weighted by atomic mass is 16.5. The van der Waals surface area contributed by atoms with E-state index in [0.29, 0.717) is 17.2 Å². The van der Waals surface area contributed by atoms with E-state index in [4.69, 9.17) is 15.7 Å². The summed E-state index contributed by atoms with van der Waals surface area (Å²) in [6, 6.07) is 5.50. The van der Waals surface area contributed by atoms with E-state index in [1.807, 2.05) is 19.1 Å². The van der Waals surface area contributed by atoms with E-state index >= 15 is 0 Å². The molecule has 0 bridgehead atoms. The summed E-state index contributed by atoms with van der Waals surface area (Å²) in [6.45, 7) is 1.85. The topological polar surface area (TPSA) is 93.6 Å². The Balaban J connectivity index is 2.06. The standard InChI is InChI=1S/C15H16N4O2/c1-9-13(6-3-7-17-9)21-15-11(14(16)19-20)8-10-4-2-5-12(10)18-15/h3,6-8,20H,2,4-5H2,1H3,(H2,16,19). The van der Waals surface area contributed by atoms with Gasteiger partial charge >= 0.3 is 0 Å². The summed E-state index contributed by atoms with van der Waals surface area (Å²) < 4.78 is 5.84. The maximum Gasteiger partial charge on any atom is 0.230 e. The van der Waals surface area contributed by atoms with Crippen LogP contribution in [0.5, 0.6) is 11.6 Å². The first-order chi connectivity index (χ1) is 10.2. The number of oxime groups is 1. The van der Waals surface area contributed by atoms with Crippen molar-refractivity contribution in [2.24, 2.45) is 10.9 Å². The van der Waals surface area contributed by atoms with Crippen LogP contribution >= 0.6 is 0 Å². The second-order valence-electron chi connectivity index (χ2n) is 4.97. The molecule has 0 aliphatic heterocycles. The van der Waals surface area contributed by atoms with Gasteiger partial charge in [0.1, 0.15) is 0 Å². The molecular formula is C15H16N4O2. The quantitative estimate of drug-likeness (QED) is 0.390. The highest BCUT2D eigenvalue weighted by Crippen LogP contribution is 2.30. The zero-order valence-corrected chi connectivity index (χ0v) is 11.7. The molecule has 6 heteroatoms. The summed E-state index contributed by atoms with van der Waals surface area (Å²) >= 11 is 0. The predicted molar refractivity (Wildman–Crippen MR) is 77.8 cm³/mol. The van der Waals surface area contributed by atoms with Crippen LogP contribution in [-0.2, 0) is 12.8 Å². The number of ether oxygens (including phenoxy) is 1. The predicted octanol–water partition coefficient (Wildman–Crippen LogP) is 2.16. The monoisotopic (exact) mass is 284 g/mol. The molecular weight excluding hydrogens is 268 g/mol. The number of hydrogen-bond donors (Lipinski definition) is 2. The van der Waals surface area contributed by atoms with Crippen LogP contribution in [0.15, 0.2) is 29.6 Å². The van der Waals surface area contributed by atoms with E-state index in [1.165, 1.54) is 0 Å². The number of aromatic nitrogens is 2. The van der Waals surface area contributed by atoms with E-state index < -0.39 is 0 Å². The first-order valence-electron chi connectivity index (χ1n) is 6.79. The second-order valence-corrected chi connectivity index (χ2v) is 4.97. The van der Waals surface area contributed by atoms with Crippen LogP contribution in [-0.4, -0.2) is 21.0 Å². The van der Waals surface area contributed by atoms with Gasteiger partial charge in [-0.2, -0.15) is 0 Å². The third-order valence-corrected chi connectivity index (χ3v) is 3.56. The third kappa shape index (κ3) is 2.52. The highest BCUT2D eigenvalue weighted by Gasteiger charge is 2.20. The molecule has 108 valence electrons. The Hall–Kier alpha value is -2.63. The zero-order chi connectivity index (χ0) is 14.8. The lowest BCUT2D eigenvalue weighted by molar-refractivity contribution is 0.318. The van der Waals surface area contributed by atoms with Crippen molar-refractivity contribution in [2.75, 3.05) is 0 Å². The minimum Gasteiger partial charge on any atom is -0.436 e. The van der Waals surface area contributed by atoms with Gasteiger partial charge in [0.15, 0.2) is 11.6 Å². The Morgan fingerprint density at radius 1 is 1.43 bits per heavy atom. The molecule has 0 atom stereocenters. The van der Waals surface area contributed by atoms with Crippen molar-refractivity contribution in [2.45, 2.75) is 26.2 Å². The van der Waals surface area contributed by atoms with Gasteiger partial charge in [-0.15, -0.1) is 0 Å². The van der Waals surface area contributed by atoms with Gasteiger partial charge in [0.2, 0.25) is 5.88 Å². The maximum absolute atomic E-state index is 8.95. The molecule has 0 radical (unpaired) electrons. The van der Waals surface area contributed by atoms with Crippen LogP contribution in [0.2, 0.25) is 0 Å². The van der Waals surface area contributed by atoms with E-state index in [-0.39, 0.29) is 5.84 Å². The molecule has 0 spiro atoms. The number of amidine groups is 1. The third-order valence-electron chi connectivity index (χ3n) is 3.56. The summed E-state index contributed by atoms with van der Waals surface area (Å²) in [4.78, 5) is 8.72. The molecule has 2 aromatic heterocycles. The van der Waals surface area contributed by atoms with Gasteiger partial charge in [-0.3, -0.25) is 4.98 Å². The van der Waals surface area contributed by atoms with E-state index in [0.717, 1.165) is 36.2 Å². The molecule has 0 saturated heterocycles. The minimum absolute atomic E-state index is 0.00579.